The Hall–Kier alpha value is -2.18. The normalized spacial score (nSPS) is 15.6. The molecule has 0 unspecified atom stereocenters. The Balaban J connectivity index is 1.58. The molecule has 2 aromatic rings. The van der Waals surface area contributed by atoms with Crippen LogP contribution >= 0.6 is 0 Å². The quantitative estimate of drug-likeness (QED) is 0.698. The fourth-order valence-corrected chi connectivity index (χ4v) is 5.26. The van der Waals surface area contributed by atoms with Gasteiger partial charge in [-0.25, -0.2) is 8.42 Å². The zero-order valence-electron chi connectivity index (χ0n) is 17.1. The lowest BCUT2D eigenvalue weighted by Crippen LogP contribution is -2.32. The molecule has 1 N–H and O–H groups in total. The average molecular weight is 415 g/mol. The summed E-state index contributed by atoms with van der Waals surface area (Å²) < 4.78 is 27.5. The molecule has 0 saturated carbocycles. The van der Waals surface area contributed by atoms with Crippen molar-refractivity contribution in [3.63, 3.8) is 0 Å². The number of aryl methyl sites for hydroxylation is 2. The molecule has 0 aromatic heterocycles. The number of hydrogen-bond acceptors (Lipinski definition) is 3. The maximum atomic E-state index is 13.0. The number of nitrogens with one attached hydrogen (secondary N) is 1. The molecule has 3 rings (SSSR count). The third kappa shape index (κ3) is 5.90. The van der Waals surface area contributed by atoms with E-state index in [9.17, 15) is 13.2 Å². The summed E-state index contributed by atoms with van der Waals surface area (Å²) in [6.45, 7) is 3.73. The van der Waals surface area contributed by atoms with Gasteiger partial charge in [-0.15, -0.1) is 0 Å². The van der Waals surface area contributed by atoms with E-state index in [0.717, 1.165) is 38.5 Å². The van der Waals surface area contributed by atoms with E-state index in [-0.39, 0.29) is 10.8 Å². The van der Waals surface area contributed by atoms with Gasteiger partial charge < -0.3 is 5.32 Å². The minimum atomic E-state index is -3.55. The Morgan fingerprint density at radius 3 is 2.45 bits per heavy atom. The predicted molar refractivity (Wildman–Crippen MR) is 116 cm³/mol. The van der Waals surface area contributed by atoms with Gasteiger partial charge in [-0.1, -0.05) is 48.7 Å². The minimum absolute atomic E-state index is 0.201. The summed E-state index contributed by atoms with van der Waals surface area (Å²) in [6.07, 6.45) is 5.64. The lowest BCUT2D eigenvalue weighted by atomic mass is 10.1. The van der Waals surface area contributed by atoms with Gasteiger partial charge in [0.1, 0.15) is 0 Å². The molecular formula is C23H30N2O3S. The Bertz CT molecular complexity index is 933. The van der Waals surface area contributed by atoms with Crippen LogP contribution in [0.3, 0.4) is 0 Å². The van der Waals surface area contributed by atoms with E-state index >= 15 is 0 Å². The molecule has 0 atom stereocenters. The Morgan fingerprint density at radius 2 is 1.72 bits per heavy atom. The summed E-state index contributed by atoms with van der Waals surface area (Å²) in [6, 6.07) is 14.7. The number of carbonyl (C=O) groups is 1. The zero-order valence-corrected chi connectivity index (χ0v) is 17.9. The van der Waals surface area contributed by atoms with Crippen molar-refractivity contribution in [3.8, 4) is 0 Å². The molecule has 0 radical (unpaired) electrons. The standard InChI is InChI=1S/C23H30N2O3S/c1-19-9-6-10-20(17-19)11-8-14-24-23(26)21-12-7-13-22(18-21)29(27,28)25-15-4-2-3-5-16-25/h6-7,9-10,12-13,17-18H,2-5,8,11,14-16H2,1H3,(H,24,26). The van der Waals surface area contributed by atoms with Gasteiger partial charge in [0, 0.05) is 25.2 Å². The first-order valence-corrected chi connectivity index (χ1v) is 11.8. The first kappa shape index (κ1) is 21.5. The topological polar surface area (TPSA) is 66.5 Å². The summed E-state index contributed by atoms with van der Waals surface area (Å²) in [4.78, 5) is 12.7. The molecule has 0 aliphatic carbocycles. The number of rotatable bonds is 7. The van der Waals surface area contributed by atoms with E-state index in [2.05, 4.69) is 30.4 Å². The van der Waals surface area contributed by atoms with Crippen LogP contribution in [-0.2, 0) is 16.4 Å². The van der Waals surface area contributed by atoms with E-state index < -0.39 is 10.0 Å². The van der Waals surface area contributed by atoms with Crippen molar-refractivity contribution in [2.45, 2.75) is 50.3 Å². The Kier molecular flexibility index (Phi) is 7.45. The van der Waals surface area contributed by atoms with Gasteiger partial charge in [0.05, 0.1) is 4.90 Å². The molecule has 2 aromatic carbocycles. The molecule has 1 heterocycles. The van der Waals surface area contributed by atoms with Crippen molar-refractivity contribution in [1.82, 2.24) is 9.62 Å². The third-order valence-electron chi connectivity index (χ3n) is 5.31. The van der Waals surface area contributed by atoms with Crippen molar-refractivity contribution < 1.29 is 13.2 Å². The number of benzene rings is 2. The van der Waals surface area contributed by atoms with Gasteiger partial charge in [-0.3, -0.25) is 4.79 Å². The first-order chi connectivity index (χ1) is 14.0. The minimum Gasteiger partial charge on any atom is -0.352 e. The average Bonchev–Trinajstić information content (AvgIpc) is 3.01. The van der Waals surface area contributed by atoms with Crippen LogP contribution in [0, 0.1) is 6.92 Å². The van der Waals surface area contributed by atoms with E-state index in [1.165, 1.54) is 17.2 Å². The maximum Gasteiger partial charge on any atom is 0.251 e. The second kappa shape index (κ2) is 10.0. The van der Waals surface area contributed by atoms with Crippen LogP contribution in [0.5, 0.6) is 0 Å². The lowest BCUT2D eigenvalue weighted by Gasteiger charge is -2.20. The second-order valence-electron chi connectivity index (χ2n) is 7.69. The number of sulfonamides is 1. The van der Waals surface area contributed by atoms with E-state index in [0.29, 0.717) is 25.2 Å². The summed E-state index contributed by atoms with van der Waals surface area (Å²) >= 11 is 0. The number of hydrogen-bond donors (Lipinski definition) is 1. The number of amides is 1. The molecular weight excluding hydrogens is 384 g/mol. The zero-order chi connectivity index (χ0) is 20.7. The highest BCUT2D eigenvalue weighted by molar-refractivity contribution is 7.89. The highest BCUT2D eigenvalue weighted by Gasteiger charge is 2.25. The molecule has 1 aliphatic heterocycles. The smallest absolute Gasteiger partial charge is 0.251 e. The largest absolute Gasteiger partial charge is 0.352 e. The molecule has 6 heteroatoms. The van der Waals surface area contributed by atoms with Crippen LogP contribution in [0.2, 0.25) is 0 Å². The molecule has 1 aliphatic rings. The first-order valence-electron chi connectivity index (χ1n) is 10.4. The van der Waals surface area contributed by atoms with E-state index in [1.54, 1.807) is 22.5 Å². The lowest BCUT2D eigenvalue weighted by molar-refractivity contribution is 0.0953. The highest BCUT2D eigenvalue weighted by Crippen LogP contribution is 2.21. The van der Waals surface area contributed by atoms with E-state index in [1.807, 2.05) is 6.07 Å². The van der Waals surface area contributed by atoms with Crippen LogP contribution in [-0.4, -0.2) is 38.3 Å². The monoisotopic (exact) mass is 414 g/mol. The van der Waals surface area contributed by atoms with Gasteiger partial charge in [0.15, 0.2) is 0 Å². The molecule has 1 fully saturated rings. The Morgan fingerprint density at radius 1 is 1.00 bits per heavy atom. The van der Waals surface area contributed by atoms with Crippen molar-refractivity contribution in [3.05, 3.63) is 65.2 Å². The van der Waals surface area contributed by atoms with Crippen LogP contribution in [0.25, 0.3) is 0 Å². The van der Waals surface area contributed by atoms with Crippen molar-refractivity contribution in [2.24, 2.45) is 0 Å². The molecule has 0 spiro atoms. The van der Waals surface area contributed by atoms with E-state index in [4.69, 9.17) is 0 Å². The van der Waals surface area contributed by atoms with Gasteiger partial charge >= 0.3 is 0 Å². The highest BCUT2D eigenvalue weighted by atomic mass is 32.2. The predicted octanol–water partition coefficient (Wildman–Crippen LogP) is 3.92. The molecule has 156 valence electrons. The summed E-state index contributed by atoms with van der Waals surface area (Å²) in [7, 11) is -3.55. The van der Waals surface area contributed by atoms with Gasteiger partial charge in [0.2, 0.25) is 10.0 Å². The molecule has 5 nitrogen and oxygen atoms in total. The second-order valence-corrected chi connectivity index (χ2v) is 9.63. The molecule has 1 amide bonds. The number of nitrogens with zero attached hydrogens (tertiary/aromatic N) is 1. The van der Waals surface area contributed by atoms with Crippen LogP contribution < -0.4 is 5.32 Å². The van der Waals surface area contributed by atoms with Crippen molar-refractivity contribution in [2.75, 3.05) is 19.6 Å². The third-order valence-corrected chi connectivity index (χ3v) is 7.20. The van der Waals surface area contributed by atoms with Gasteiger partial charge in [-0.05, 0) is 56.4 Å². The Labute approximate surface area is 174 Å². The van der Waals surface area contributed by atoms with Gasteiger partial charge in [-0.2, -0.15) is 4.31 Å². The van der Waals surface area contributed by atoms with Gasteiger partial charge in [0.25, 0.3) is 5.91 Å². The summed E-state index contributed by atoms with van der Waals surface area (Å²) in [5.41, 5.74) is 2.87. The maximum absolute atomic E-state index is 13.0. The van der Waals surface area contributed by atoms with Crippen molar-refractivity contribution in [1.29, 1.82) is 0 Å². The van der Waals surface area contributed by atoms with Crippen LogP contribution in [0.15, 0.2) is 53.4 Å². The fourth-order valence-electron chi connectivity index (χ4n) is 3.69. The summed E-state index contributed by atoms with van der Waals surface area (Å²) in [5.74, 6) is -0.234. The fraction of sp³-hybridized carbons (Fsp3) is 0.435. The molecule has 0 bridgehead atoms. The van der Waals surface area contributed by atoms with Crippen LogP contribution in [0.4, 0.5) is 0 Å². The summed E-state index contributed by atoms with van der Waals surface area (Å²) in [5, 5.41) is 2.90. The van der Waals surface area contributed by atoms with Crippen molar-refractivity contribution >= 4 is 15.9 Å². The number of carbonyl (C=O) groups excluding carboxylic acids is 1. The SMILES string of the molecule is Cc1cccc(CCCNC(=O)c2cccc(S(=O)(=O)N3CCCCCC3)c2)c1. The van der Waals surface area contributed by atoms with Crippen LogP contribution in [0.1, 0.15) is 53.6 Å². The molecule has 1 saturated heterocycles. The molecule has 29 heavy (non-hydrogen) atoms.